The van der Waals surface area contributed by atoms with E-state index >= 15 is 0 Å². The van der Waals surface area contributed by atoms with Crippen molar-refractivity contribution < 1.29 is 9.59 Å². The van der Waals surface area contributed by atoms with Crippen molar-refractivity contribution in [3.8, 4) is 0 Å². The zero-order valence-electron chi connectivity index (χ0n) is 6.93. The molecule has 0 aliphatic heterocycles. The summed E-state index contributed by atoms with van der Waals surface area (Å²) >= 11 is 0. The number of Topliss-reactive ketones (excluding diaryl/α,β-unsaturated/α-hetero) is 2. The number of ketones is 2. The SMILES string of the molecule is C=CCCCC(=O)C(=O)CC. The Labute approximate surface area is 67.3 Å². The number of carbonyl (C=O) groups excluding carboxylic acids is 2. The molecule has 0 saturated carbocycles. The largest absolute Gasteiger partial charge is 0.291 e. The summed E-state index contributed by atoms with van der Waals surface area (Å²) < 4.78 is 0. The summed E-state index contributed by atoms with van der Waals surface area (Å²) in [5.41, 5.74) is 0. The summed E-state index contributed by atoms with van der Waals surface area (Å²) in [5.74, 6) is -0.497. The molecule has 0 heterocycles. The van der Waals surface area contributed by atoms with E-state index in [-0.39, 0.29) is 11.6 Å². The summed E-state index contributed by atoms with van der Waals surface area (Å²) in [5, 5.41) is 0. The molecule has 0 N–H and O–H groups in total. The molecule has 11 heavy (non-hydrogen) atoms. The van der Waals surface area contributed by atoms with Crippen molar-refractivity contribution in [2.24, 2.45) is 0 Å². The maximum Gasteiger partial charge on any atom is 0.198 e. The van der Waals surface area contributed by atoms with Crippen molar-refractivity contribution in [3.05, 3.63) is 12.7 Å². The van der Waals surface area contributed by atoms with Crippen LogP contribution in [0.15, 0.2) is 12.7 Å². The molecule has 2 nitrogen and oxygen atoms in total. The molecule has 62 valence electrons. The fraction of sp³-hybridized carbons (Fsp3) is 0.556. The molecule has 0 aliphatic carbocycles. The van der Waals surface area contributed by atoms with Crippen LogP contribution in [-0.2, 0) is 9.59 Å². The van der Waals surface area contributed by atoms with Crippen LogP contribution in [0.3, 0.4) is 0 Å². The molecule has 2 heteroatoms. The fourth-order valence-electron chi connectivity index (χ4n) is 0.744. The van der Waals surface area contributed by atoms with Crippen LogP contribution < -0.4 is 0 Å². The first-order valence-corrected chi connectivity index (χ1v) is 3.89. The van der Waals surface area contributed by atoms with Gasteiger partial charge in [0, 0.05) is 12.8 Å². The Morgan fingerprint density at radius 3 is 2.45 bits per heavy atom. The maximum atomic E-state index is 10.9. The van der Waals surface area contributed by atoms with Gasteiger partial charge in [-0.15, -0.1) is 6.58 Å². The lowest BCUT2D eigenvalue weighted by Crippen LogP contribution is -2.11. The molecule has 0 spiro atoms. The van der Waals surface area contributed by atoms with Crippen LogP contribution in [0.4, 0.5) is 0 Å². The predicted molar refractivity (Wildman–Crippen MR) is 44.4 cm³/mol. The second-order valence-corrected chi connectivity index (χ2v) is 2.38. The zero-order valence-corrected chi connectivity index (χ0v) is 6.93. The second-order valence-electron chi connectivity index (χ2n) is 2.38. The van der Waals surface area contributed by atoms with Crippen LogP contribution in [0.2, 0.25) is 0 Å². The van der Waals surface area contributed by atoms with Gasteiger partial charge >= 0.3 is 0 Å². The van der Waals surface area contributed by atoms with E-state index in [0.717, 1.165) is 12.8 Å². The standard InChI is InChI=1S/C9H14O2/c1-3-5-6-7-9(11)8(10)4-2/h3H,1,4-7H2,2H3. The average molecular weight is 154 g/mol. The minimum atomic E-state index is -0.255. The highest BCUT2D eigenvalue weighted by molar-refractivity contribution is 6.37. The third kappa shape index (κ3) is 4.48. The van der Waals surface area contributed by atoms with Gasteiger partial charge in [0.15, 0.2) is 11.6 Å². The average Bonchev–Trinajstić information content (AvgIpc) is 2.03. The van der Waals surface area contributed by atoms with Gasteiger partial charge in [-0.1, -0.05) is 13.0 Å². The normalized spacial score (nSPS) is 9.18. The van der Waals surface area contributed by atoms with E-state index in [2.05, 4.69) is 6.58 Å². The van der Waals surface area contributed by atoms with E-state index in [9.17, 15) is 9.59 Å². The summed E-state index contributed by atoms with van der Waals surface area (Å²) in [6, 6.07) is 0. The summed E-state index contributed by atoms with van der Waals surface area (Å²) in [6.45, 7) is 5.23. The lowest BCUT2D eigenvalue weighted by molar-refractivity contribution is -0.136. The Bertz CT molecular complexity index is 159. The summed E-state index contributed by atoms with van der Waals surface area (Å²) in [4.78, 5) is 21.6. The molecule has 0 fully saturated rings. The predicted octanol–water partition coefficient (Wildman–Crippen LogP) is 1.89. The third-order valence-electron chi connectivity index (χ3n) is 1.44. The van der Waals surface area contributed by atoms with Gasteiger partial charge in [-0.25, -0.2) is 0 Å². The lowest BCUT2D eigenvalue weighted by Gasteiger charge is -1.94. The number of allylic oxidation sites excluding steroid dienone is 1. The van der Waals surface area contributed by atoms with Gasteiger partial charge in [-0.3, -0.25) is 9.59 Å². The summed E-state index contributed by atoms with van der Waals surface area (Å²) in [6.07, 6.45) is 4.01. The Morgan fingerprint density at radius 1 is 1.36 bits per heavy atom. The second kappa shape index (κ2) is 5.83. The fourth-order valence-corrected chi connectivity index (χ4v) is 0.744. The molecule has 0 saturated heterocycles. The Hall–Kier alpha value is -0.920. The van der Waals surface area contributed by atoms with Crippen molar-refractivity contribution in [1.82, 2.24) is 0 Å². The molecular weight excluding hydrogens is 140 g/mol. The highest BCUT2D eigenvalue weighted by Crippen LogP contribution is 1.98. The number of unbranched alkanes of at least 4 members (excludes halogenated alkanes) is 1. The minimum absolute atomic E-state index is 0.241. The first-order chi connectivity index (χ1) is 5.22. The Kier molecular flexibility index (Phi) is 5.35. The van der Waals surface area contributed by atoms with Gasteiger partial charge in [0.05, 0.1) is 0 Å². The molecule has 0 aromatic heterocycles. The molecule has 0 atom stereocenters. The van der Waals surface area contributed by atoms with Gasteiger partial charge in [0.2, 0.25) is 0 Å². The van der Waals surface area contributed by atoms with Crippen molar-refractivity contribution in [1.29, 1.82) is 0 Å². The van der Waals surface area contributed by atoms with Gasteiger partial charge in [0.25, 0.3) is 0 Å². The van der Waals surface area contributed by atoms with Crippen molar-refractivity contribution in [3.63, 3.8) is 0 Å². The molecular formula is C9H14O2. The molecule has 0 aliphatic rings. The molecule has 0 rings (SSSR count). The van der Waals surface area contributed by atoms with Crippen LogP contribution in [0.25, 0.3) is 0 Å². The van der Waals surface area contributed by atoms with Gasteiger partial charge in [-0.05, 0) is 12.8 Å². The van der Waals surface area contributed by atoms with Crippen molar-refractivity contribution in [2.45, 2.75) is 32.6 Å². The van der Waals surface area contributed by atoms with E-state index in [0.29, 0.717) is 12.8 Å². The highest BCUT2D eigenvalue weighted by Gasteiger charge is 2.08. The Morgan fingerprint density at radius 2 is 2.00 bits per heavy atom. The van der Waals surface area contributed by atoms with Crippen LogP contribution in [0, 0.1) is 0 Å². The van der Waals surface area contributed by atoms with Gasteiger partial charge in [-0.2, -0.15) is 0 Å². The molecule has 0 aromatic carbocycles. The Balaban J connectivity index is 3.52. The molecule has 0 aromatic rings. The topological polar surface area (TPSA) is 34.1 Å². The van der Waals surface area contributed by atoms with Crippen molar-refractivity contribution in [2.75, 3.05) is 0 Å². The van der Waals surface area contributed by atoms with Crippen molar-refractivity contribution >= 4 is 11.6 Å². The third-order valence-corrected chi connectivity index (χ3v) is 1.44. The highest BCUT2D eigenvalue weighted by atomic mass is 16.2. The molecule has 0 amide bonds. The van der Waals surface area contributed by atoms with Crippen LogP contribution in [0.5, 0.6) is 0 Å². The molecule has 0 radical (unpaired) electrons. The van der Waals surface area contributed by atoms with Crippen LogP contribution in [-0.4, -0.2) is 11.6 Å². The monoisotopic (exact) mass is 154 g/mol. The zero-order chi connectivity index (χ0) is 8.69. The number of hydrogen-bond donors (Lipinski definition) is 0. The maximum absolute atomic E-state index is 10.9. The smallest absolute Gasteiger partial charge is 0.198 e. The summed E-state index contributed by atoms with van der Waals surface area (Å²) in [7, 11) is 0. The minimum Gasteiger partial charge on any atom is -0.291 e. The number of rotatable bonds is 6. The lowest BCUT2D eigenvalue weighted by atomic mass is 10.1. The quantitative estimate of drug-likeness (QED) is 0.332. The van der Waals surface area contributed by atoms with E-state index in [4.69, 9.17) is 0 Å². The molecule has 0 unspecified atom stereocenters. The first kappa shape index (κ1) is 10.1. The van der Waals surface area contributed by atoms with Gasteiger partial charge in [0.1, 0.15) is 0 Å². The van der Waals surface area contributed by atoms with E-state index in [1.165, 1.54) is 0 Å². The number of hydrogen-bond acceptors (Lipinski definition) is 2. The van der Waals surface area contributed by atoms with Crippen LogP contribution >= 0.6 is 0 Å². The van der Waals surface area contributed by atoms with E-state index in [1.54, 1.807) is 13.0 Å². The number of carbonyl (C=O) groups is 2. The van der Waals surface area contributed by atoms with Crippen LogP contribution in [0.1, 0.15) is 32.6 Å². The van der Waals surface area contributed by atoms with E-state index < -0.39 is 0 Å². The van der Waals surface area contributed by atoms with Gasteiger partial charge < -0.3 is 0 Å². The van der Waals surface area contributed by atoms with E-state index in [1.807, 2.05) is 0 Å². The molecule has 0 bridgehead atoms. The first-order valence-electron chi connectivity index (χ1n) is 3.89.